The Bertz CT molecular complexity index is 1070. The summed E-state index contributed by atoms with van der Waals surface area (Å²) < 4.78 is 7.79. The third-order valence-corrected chi connectivity index (χ3v) is 5.47. The minimum atomic E-state index is -0.117. The minimum Gasteiger partial charge on any atom is -0.451 e. The van der Waals surface area contributed by atoms with Crippen LogP contribution in [0.2, 0.25) is 0 Å². The first-order chi connectivity index (χ1) is 12.9. The Morgan fingerprint density at radius 2 is 1.96 bits per heavy atom. The van der Waals surface area contributed by atoms with Crippen molar-refractivity contribution >= 4 is 22.8 Å². The highest BCUT2D eigenvalue weighted by Gasteiger charge is 2.29. The van der Waals surface area contributed by atoms with Crippen molar-refractivity contribution < 1.29 is 14.0 Å². The van der Waals surface area contributed by atoms with Gasteiger partial charge in [0, 0.05) is 37.3 Å². The van der Waals surface area contributed by atoms with Crippen LogP contribution in [0.15, 0.2) is 28.7 Å². The van der Waals surface area contributed by atoms with E-state index in [1.807, 2.05) is 49.7 Å². The summed E-state index contributed by atoms with van der Waals surface area (Å²) in [4.78, 5) is 27.0. The predicted molar refractivity (Wildman–Crippen MR) is 103 cm³/mol. The van der Waals surface area contributed by atoms with E-state index in [1.165, 1.54) is 0 Å². The second-order valence-electron chi connectivity index (χ2n) is 7.17. The molecule has 2 amide bonds. The summed E-state index contributed by atoms with van der Waals surface area (Å²) in [6.45, 7) is 5.01. The standard InChI is InChI=1S/C21H23N3O3/c1-12-5-6-15-13(2)19(27-18(15)9-12)21(26)24-8-7-14-10-16(20(25)22-3)23(4)17(14)11-24/h5-6,9-10H,7-8,11H2,1-4H3,(H,22,25). The minimum absolute atomic E-state index is 0.102. The summed E-state index contributed by atoms with van der Waals surface area (Å²) >= 11 is 0. The van der Waals surface area contributed by atoms with E-state index in [4.69, 9.17) is 4.42 Å². The van der Waals surface area contributed by atoms with Gasteiger partial charge in [-0.1, -0.05) is 12.1 Å². The summed E-state index contributed by atoms with van der Waals surface area (Å²) in [5.41, 5.74) is 5.46. The van der Waals surface area contributed by atoms with Crippen molar-refractivity contribution in [3.63, 3.8) is 0 Å². The van der Waals surface area contributed by atoms with Crippen LogP contribution in [0.3, 0.4) is 0 Å². The normalized spacial score (nSPS) is 13.7. The number of benzene rings is 1. The summed E-state index contributed by atoms with van der Waals surface area (Å²) in [7, 11) is 3.49. The Kier molecular flexibility index (Phi) is 4.06. The van der Waals surface area contributed by atoms with Gasteiger partial charge in [-0.25, -0.2) is 0 Å². The first-order valence-corrected chi connectivity index (χ1v) is 9.09. The highest BCUT2D eigenvalue weighted by molar-refractivity contribution is 5.99. The lowest BCUT2D eigenvalue weighted by atomic mass is 10.1. The van der Waals surface area contributed by atoms with Gasteiger partial charge < -0.3 is 19.2 Å². The van der Waals surface area contributed by atoms with E-state index < -0.39 is 0 Å². The highest BCUT2D eigenvalue weighted by atomic mass is 16.3. The summed E-state index contributed by atoms with van der Waals surface area (Å²) in [6, 6.07) is 7.91. The summed E-state index contributed by atoms with van der Waals surface area (Å²) in [5, 5.41) is 3.64. The Morgan fingerprint density at radius 3 is 2.70 bits per heavy atom. The van der Waals surface area contributed by atoms with Gasteiger partial charge in [-0.15, -0.1) is 0 Å². The molecule has 2 aromatic heterocycles. The van der Waals surface area contributed by atoms with Crippen molar-refractivity contribution in [1.82, 2.24) is 14.8 Å². The molecule has 0 spiro atoms. The predicted octanol–water partition coefficient (Wildman–Crippen LogP) is 2.95. The number of fused-ring (bicyclic) bond motifs is 2. The molecule has 140 valence electrons. The molecule has 0 radical (unpaired) electrons. The van der Waals surface area contributed by atoms with Gasteiger partial charge in [0.05, 0.1) is 6.54 Å². The maximum absolute atomic E-state index is 13.1. The number of amides is 2. The lowest BCUT2D eigenvalue weighted by molar-refractivity contribution is 0.0700. The van der Waals surface area contributed by atoms with Gasteiger partial charge in [0.25, 0.3) is 11.8 Å². The lowest BCUT2D eigenvalue weighted by Crippen LogP contribution is -2.36. The topological polar surface area (TPSA) is 67.5 Å². The molecule has 0 atom stereocenters. The van der Waals surface area contributed by atoms with Crippen LogP contribution in [0, 0.1) is 13.8 Å². The fourth-order valence-corrected chi connectivity index (χ4v) is 3.84. The molecular weight excluding hydrogens is 342 g/mol. The molecule has 1 N–H and O–H groups in total. The van der Waals surface area contributed by atoms with Gasteiger partial charge in [0.2, 0.25) is 0 Å². The quantitative estimate of drug-likeness (QED) is 0.759. The summed E-state index contributed by atoms with van der Waals surface area (Å²) in [5.74, 6) is 0.183. The number of nitrogens with zero attached hydrogens (tertiary/aromatic N) is 2. The molecule has 27 heavy (non-hydrogen) atoms. The van der Waals surface area contributed by atoms with Gasteiger partial charge >= 0.3 is 0 Å². The van der Waals surface area contributed by atoms with E-state index in [0.29, 0.717) is 24.5 Å². The molecule has 1 aliphatic heterocycles. The molecule has 3 aromatic rings. The van der Waals surface area contributed by atoms with E-state index in [-0.39, 0.29) is 11.8 Å². The molecule has 6 heteroatoms. The van der Waals surface area contributed by atoms with E-state index in [1.54, 1.807) is 11.9 Å². The van der Waals surface area contributed by atoms with Crippen molar-refractivity contribution in [2.45, 2.75) is 26.8 Å². The monoisotopic (exact) mass is 365 g/mol. The first kappa shape index (κ1) is 17.4. The Balaban J connectivity index is 1.66. The van der Waals surface area contributed by atoms with Crippen LogP contribution in [0.5, 0.6) is 0 Å². The van der Waals surface area contributed by atoms with Crippen molar-refractivity contribution in [3.05, 3.63) is 58.1 Å². The van der Waals surface area contributed by atoms with Gasteiger partial charge in [-0.2, -0.15) is 0 Å². The van der Waals surface area contributed by atoms with Crippen molar-refractivity contribution in [3.8, 4) is 0 Å². The number of hydrogen-bond donors (Lipinski definition) is 1. The van der Waals surface area contributed by atoms with E-state index in [9.17, 15) is 9.59 Å². The third kappa shape index (κ3) is 2.72. The Morgan fingerprint density at radius 1 is 1.19 bits per heavy atom. The average molecular weight is 365 g/mol. The fourth-order valence-electron chi connectivity index (χ4n) is 3.84. The van der Waals surface area contributed by atoms with Crippen LogP contribution in [0.4, 0.5) is 0 Å². The molecule has 0 unspecified atom stereocenters. The van der Waals surface area contributed by atoms with E-state index >= 15 is 0 Å². The maximum atomic E-state index is 13.1. The molecule has 1 aliphatic rings. The number of hydrogen-bond acceptors (Lipinski definition) is 3. The smallest absolute Gasteiger partial charge is 0.290 e. The molecule has 3 heterocycles. The van der Waals surface area contributed by atoms with Crippen LogP contribution >= 0.6 is 0 Å². The number of carbonyl (C=O) groups excluding carboxylic acids is 2. The number of aromatic nitrogens is 1. The first-order valence-electron chi connectivity index (χ1n) is 9.09. The molecule has 0 saturated carbocycles. The molecule has 0 aliphatic carbocycles. The third-order valence-electron chi connectivity index (χ3n) is 5.47. The van der Waals surface area contributed by atoms with Crippen LogP contribution < -0.4 is 5.32 Å². The van der Waals surface area contributed by atoms with Crippen molar-refractivity contribution in [2.75, 3.05) is 13.6 Å². The number of aryl methyl sites for hydroxylation is 2. The average Bonchev–Trinajstić information content (AvgIpc) is 3.17. The molecule has 0 saturated heterocycles. The lowest BCUT2D eigenvalue weighted by Gasteiger charge is -2.27. The van der Waals surface area contributed by atoms with Gasteiger partial charge in [0.1, 0.15) is 11.3 Å². The van der Waals surface area contributed by atoms with Gasteiger partial charge in [0.15, 0.2) is 5.76 Å². The molecule has 6 nitrogen and oxygen atoms in total. The van der Waals surface area contributed by atoms with E-state index in [2.05, 4.69) is 5.32 Å². The zero-order chi connectivity index (χ0) is 19.3. The Labute approximate surface area is 157 Å². The van der Waals surface area contributed by atoms with Crippen molar-refractivity contribution in [2.24, 2.45) is 7.05 Å². The van der Waals surface area contributed by atoms with Crippen LogP contribution in [-0.4, -0.2) is 34.9 Å². The van der Waals surface area contributed by atoms with E-state index in [0.717, 1.165) is 39.8 Å². The fraction of sp³-hybridized carbons (Fsp3) is 0.333. The van der Waals surface area contributed by atoms with Gasteiger partial charge in [-0.05, 0) is 43.5 Å². The largest absolute Gasteiger partial charge is 0.451 e. The number of nitrogens with one attached hydrogen (secondary N) is 1. The molecule has 0 bridgehead atoms. The number of rotatable bonds is 2. The molecule has 4 rings (SSSR count). The zero-order valence-corrected chi connectivity index (χ0v) is 16.0. The number of furan rings is 1. The highest BCUT2D eigenvalue weighted by Crippen LogP contribution is 2.29. The summed E-state index contributed by atoms with van der Waals surface area (Å²) in [6.07, 6.45) is 0.726. The Hall–Kier alpha value is -3.02. The second-order valence-corrected chi connectivity index (χ2v) is 7.17. The van der Waals surface area contributed by atoms with Crippen molar-refractivity contribution in [1.29, 1.82) is 0 Å². The van der Waals surface area contributed by atoms with Crippen LogP contribution in [0.1, 0.15) is 43.4 Å². The van der Waals surface area contributed by atoms with Crippen LogP contribution in [0.25, 0.3) is 11.0 Å². The SMILES string of the molecule is CNC(=O)c1cc2c(n1C)CN(C(=O)c1oc3cc(C)ccc3c1C)CC2. The molecule has 0 fully saturated rings. The van der Waals surface area contributed by atoms with Gasteiger partial charge in [-0.3, -0.25) is 9.59 Å². The number of carbonyl (C=O) groups is 2. The molecule has 1 aromatic carbocycles. The van der Waals surface area contributed by atoms with Crippen LogP contribution in [-0.2, 0) is 20.0 Å². The zero-order valence-electron chi connectivity index (χ0n) is 16.0. The second kappa shape index (κ2) is 6.30. The molecular formula is C21H23N3O3. The maximum Gasteiger partial charge on any atom is 0.290 e.